The number of hydrogen-bond donors (Lipinski definition) is 3. The van der Waals surface area contributed by atoms with Gasteiger partial charge in [0, 0.05) is 30.5 Å². The highest BCUT2D eigenvalue weighted by Crippen LogP contribution is 2.19. The lowest BCUT2D eigenvalue weighted by Gasteiger charge is -2.21. The Hall–Kier alpha value is -1.75. The van der Waals surface area contributed by atoms with Crippen molar-refractivity contribution in [1.29, 1.82) is 0 Å². The smallest absolute Gasteiger partial charge is 0.253 e. The molecule has 0 fully saturated rings. The number of nitrogens with two attached hydrogens (primary N) is 1. The number of amides is 1. The monoisotopic (exact) mass is 292 g/mol. The van der Waals surface area contributed by atoms with Gasteiger partial charge < -0.3 is 21.3 Å². The predicted octanol–water partition coefficient (Wildman–Crippen LogP) is 2.16. The van der Waals surface area contributed by atoms with Crippen molar-refractivity contribution in [2.45, 2.75) is 33.2 Å². The van der Waals surface area contributed by atoms with Crippen molar-refractivity contribution in [1.82, 2.24) is 10.2 Å². The lowest BCUT2D eigenvalue weighted by molar-refractivity contribution is 0.0956. The first-order valence-electron chi connectivity index (χ1n) is 7.57. The second-order valence-electron chi connectivity index (χ2n) is 5.52. The second kappa shape index (κ2) is 8.52. The summed E-state index contributed by atoms with van der Waals surface area (Å²) in [6.07, 6.45) is 1.01. The van der Waals surface area contributed by atoms with Crippen molar-refractivity contribution in [2.24, 2.45) is 0 Å². The van der Waals surface area contributed by atoms with Gasteiger partial charge in [0.2, 0.25) is 0 Å². The van der Waals surface area contributed by atoms with Crippen molar-refractivity contribution >= 4 is 17.3 Å². The van der Waals surface area contributed by atoms with E-state index < -0.39 is 0 Å². The van der Waals surface area contributed by atoms with Crippen molar-refractivity contribution in [3.05, 3.63) is 23.8 Å². The van der Waals surface area contributed by atoms with E-state index in [4.69, 9.17) is 5.73 Å². The third-order valence-electron chi connectivity index (χ3n) is 3.51. The van der Waals surface area contributed by atoms with Crippen LogP contribution in [0.3, 0.4) is 0 Å². The van der Waals surface area contributed by atoms with Gasteiger partial charge in [0.05, 0.1) is 5.56 Å². The lowest BCUT2D eigenvalue weighted by Crippen LogP contribution is -2.28. The Labute approximate surface area is 127 Å². The van der Waals surface area contributed by atoms with E-state index in [0.29, 0.717) is 23.8 Å². The average molecular weight is 292 g/mol. The zero-order valence-electron chi connectivity index (χ0n) is 13.6. The van der Waals surface area contributed by atoms with Crippen LogP contribution >= 0.6 is 0 Å². The third-order valence-corrected chi connectivity index (χ3v) is 3.51. The van der Waals surface area contributed by atoms with Crippen LogP contribution in [-0.4, -0.2) is 43.5 Å². The lowest BCUT2D eigenvalue weighted by atomic mass is 10.1. The van der Waals surface area contributed by atoms with E-state index in [1.54, 1.807) is 12.1 Å². The summed E-state index contributed by atoms with van der Waals surface area (Å²) in [6, 6.07) is 5.88. The first-order chi connectivity index (χ1) is 9.95. The summed E-state index contributed by atoms with van der Waals surface area (Å²) in [6.45, 7) is 8.71. The quantitative estimate of drug-likeness (QED) is 0.507. The molecular formula is C16H28N4O. The fourth-order valence-electron chi connectivity index (χ4n) is 1.97. The van der Waals surface area contributed by atoms with E-state index >= 15 is 0 Å². The molecule has 21 heavy (non-hydrogen) atoms. The fourth-order valence-corrected chi connectivity index (χ4v) is 1.97. The molecule has 0 aliphatic heterocycles. The number of anilines is 2. The van der Waals surface area contributed by atoms with Gasteiger partial charge in [0.15, 0.2) is 0 Å². The van der Waals surface area contributed by atoms with Crippen molar-refractivity contribution < 1.29 is 4.79 Å². The number of hydrogen-bond acceptors (Lipinski definition) is 4. The molecule has 0 radical (unpaired) electrons. The van der Waals surface area contributed by atoms with E-state index in [1.165, 1.54) is 0 Å². The van der Waals surface area contributed by atoms with Gasteiger partial charge in [-0.15, -0.1) is 0 Å². The summed E-state index contributed by atoms with van der Waals surface area (Å²) >= 11 is 0. The van der Waals surface area contributed by atoms with E-state index in [1.807, 2.05) is 13.0 Å². The highest BCUT2D eigenvalue weighted by atomic mass is 16.1. The predicted molar refractivity (Wildman–Crippen MR) is 89.7 cm³/mol. The molecule has 0 heterocycles. The Morgan fingerprint density at radius 3 is 2.71 bits per heavy atom. The molecule has 0 saturated carbocycles. The first-order valence-corrected chi connectivity index (χ1v) is 7.57. The van der Waals surface area contributed by atoms with Gasteiger partial charge in [-0.25, -0.2) is 0 Å². The molecule has 1 rings (SSSR count). The number of nitrogen functional groups attached to an aromatic ring is 1. The SMILES string of the molecule is CCNC(=O)c1ccc(N)cc1NCCCN(C)C(C)C. The zero-order chi connectivity index (χ0) is 15.8. The van der Waals surface area contributed by atoms with Crippen molar-refractivity contribution in [2.75, 3.05) is 37.7 Å². The van der Waals surface area contributed by atoms with E-state index in [9.17, 15) is 4.79 Å². The van der Waals surface area contributed by atoms with Gasteiger partial charge in [0.25, 0.3) is 5.91 Å². The summed E-state index contributed by atoms with van der Waals surface area (Å²) in [5.74, 6) is -0.0701. The molecule has 4 N–H and O–H groups in total. The topological polar surface area (TPSA) is 70.4 Å². The van der Waals surface area contributed by atoms with Crippen LogP contribution in [0.15, 0.2) is 18.2 Å². The molecule has 5 heteroatoms. The highest BCUT2D eigenvalue weighted by molar-refractivity contribution is 6.00. The molecule has 1 amide bonds. The molecule has 0 unspecified atom stereocenters. The van der Waals surface area contributed by atoms with Crippen LogP contribution in [0.4, 0.5) is 11.4 Å². The van der Waals surface area contributed by atoms with Gasteiger partial charge in [-0.3, -0.25) is 4.79 Å². The number of nitrogens with zero attached hydrogens (tertiary/aromatic N) is 1. The molecule has 5 nitrogen and oxygen atoms in total. The zero-order valence-corrected chi connectivity index (χ0v) is 13.6. The minimum Gasteiger partial charge on any atom is -0.399 e. The minimum absolute atomic E-state index is 0.0701. The average Bonchev–Trinajstić information content (AvgIpc) is 2.43. The standard InChI is InChI=1S/C16H28N4O/c1-5-18-16(21)14-8-7-13(17)11-15(14)19-9-6-10-20(4)12(2)3/h7-8,11-12,19H,5-6,9-10,17H2,1-4H3,(H,18,21). The van der Waals surface area contributed by atoms with Gasteiger partial charge in [-0.2, -0.15) is 0 Å². The first kappa shape index (κ1) is 17.3. The number of rotatable bonds is 8. The van der Waals surface area contributed by atoms with Crippen LogP contribution in [0.1, 0.15) is 37.6 Å². The molecule has 1 aromatic rings. The van der Waals surface area contributed by atoms with Crippen LogP contribution < -0.4 is 16.4 Å². The van der Waals surface area contributed by atoms with Crippen LogP contribution in [0.5, 0.6) is 0 Å². The van der Waals surface area contributed by atoms with Crippen LogP contribution in [0.2, 0.25) is 0 Å². The maximum absolute atomic E-state index is 12.0. The summed E-state index contributed by atoms with van der Waals surface area (Å²) in [7, 11) is 2.12. The number of benzene rings is 1. The van der Waals surface area contributed by atoms with E-state index in [0.717, 1.165) is 25.2 Å². The van der Waals surface area contributed by atoms with E-state index in [-0.39, 0.29) is 5.91 Å². The normalized spacial score (nSPS) is 11.0. The fraction of sp³-hybridized carbons (Fsp3) is 0.562. The molecule has 0 spiro atoms. The van der Waals surface area contributed by atoms with Crippen molar-refractivity contribution in [3.8, 4) is 0 Å². The summed E-state index contributed by atoms with van der Waals surface area (Å²) in [4.78, 5) is 14.3. The largest absolute Gasteiger partial charge is 0.399 e. The molecular weight excluding hydrogens is 264 g/mol. The Balaban J connectivity index is 2.61. The van der Waals surface area contributed by atoms with Gasteiger partial charge in [-0.05, 0) is 59.0 Å². The highest BCUT2D eigenvalue weighted by Gasteiger charge is 2.10. The Morgan fingerprint density at radius 1 is 1.38 bits per heavy atom. The summed E-state index contributed by atoms with van der Waals surface area (Å²) in [5.41, 5.74) is 7.91. The molecule has 0 saturated heterocycles. The van der Waals surface area contributed by atoms with E-state index in [2.05, 4.69) is 36.4 Å². The van der Waals surface area contributed by atoms with Gasteiger partial charge in [-0.1, -0.05) is 0 Å². The molecule has 0 bridgehead atoms. The van der Waals surface area contributed by atoms with Crippen LogP contribution in [0.25, 0.3) is 0 Å². The maximum Gasteiger partial charge on any atom is 0.253 e. The number of carbonyl (C=O) groups is 1. The number of carbonyl (C=O) groups excluding carboxylic acids is 1. The molecule has 118 valence electrons. The summed E-state index contributed by atoms with van der Waals surface area (Å²) < 4.78 is 0. The second-order valence-corrected chi connectivity index (χ2v) is 5.52. The van der Waals surface area contributed by atoms with Crippen LogP contribution in [0, 0.1) is 0 Å². The Bertz CT molecular complexity index is 460. The molecule has 1 aromatic carbocycles. The maximum atomic E-state index is 12.0. The van der Waals surface area contributed by atoms with Gasteiger partial charge >= 0.3 is 0 Å². The molecule has 0 aliphatic rings. The third kappa shape index (κ3) is 5.63. The molecule has 0 atom stereocenters. The Morgan fingerprint density at radius 2 is 2.10 bits per heavy atom. The molecule has 0 aromatic heterocycles. The molecule has 0 aliphatic carbocycles. The van der Waals surface area contributed by atoms with Gasteiger partial charge in [0.1, 0.15) is 0 Å². The van der Waals surface area contributed by atoms with Crippen molar-refractivity contribution in [3.63, 3.8) is 0 Å². The minimum atomic E-state index is -0.0701. The summed E-state index contributed by atoms with van der Waals surface area (Å²) in [5, 5.41) is 6.14. The Kier molecular flexibility index (Phi) is 7.02. The van der Waals surface area contributed by atoms with Crippen LogP contribution in [-0.2, 0) is 0 Å². The number of nitrogens with one attached hydrogen (secondary N) is 2.